The molecule has 0 unspecified atom stereocenters. The zero-order valence-corrected chi connectivity index (χ0v) is 20.2. The van der Waals surface area contributed by atoms with Crippen LogP contribution in [0.4, 0.5) is 10.5 Å². The third-order valence-electron chi connectivity index (χ3n) is 4.27. The minimum Gasteiger partial charge on any atom is -0.490 e. The molecule has 9 heteroatoms. The molecular weight excluding hydrogens is 504 g/mol. The minimum absolute atomic E-state index is 0.0282. The molecule has 0 aliphatic carbocycles. The van der Waals surface area contributed by atoms with Crippen LogP contribution in [0.15, 0.2) is 45.8 Å². The number of ether oxygens (including phenoxy) is 1. The van der Waals surface area contributed by atoms with Crippen molar-refractivity contribution in [3.63, 3.8) is 0 Å². The van der Waals surface area contributed by atoms with Crippen molar-refractivity contribution in [2.45, 2.75) is 26.9 Å². The SMILES string of the molecule is Cc1ccc(Cl)cc1NC(=O)CN1C(=O)S/C(=C\c2ccc(OC(C)C)c(Br)c2)C1=O. The van der Waals surface area contributed by atoms with Gasteiger partial charge >= 0.3 is 0 Å². The second-order valence-corrected chi connectivity index (χ2v) is 9.42. The van der Waals surface area contributed by atoms with E-state index in [2.05, 4.69) is 21.2 Å². The van der Waals surface area contributed by atoms with Crippen molar-refractivity contribution >= 4 is 68.1 Å². The first-order valence-corrected chi connectivity index (χ1v) is 11.4. The van der Waals surface area contributed by atoms with Gasteiger partial charge in [-0.25, -0.2) is 0 Å². The monoisotopic (exact) mass is 522 g/mol. The van der Waals surface area contributed by atoms with E-state index in [-0.39, 0.29) is 17.6 Å². The predicted octanol–water partition coefficient (Wildman–Crippen LogP) is 5.87. The topological polar surface area (TPSA) is 75.7 Å². The molecule has 3 amide bonds. The van der Waals surface area contributed by atoms with Gasteiger partial charge in [0.25, 0.3) is 11.1 Å². The molecule has 1 aliphatic heterocycles. The van der Waals surface area contributed by atoms with Crippen LogP contribution in [-0.4, -0.2) is 34.6 Å². The molecule has 0 atom stereocenters. The van der Waals surface area contributed by atoms with Gasteiger partial charge in [0.15, 0.2) is 0 Å². The summed E-state index contributed by atoms with van der Waals surface area (Å²) in [6.45, 7) is 5.31. The van der Waals surface area contributed by atoms with Crippen LogP contribution in [0, 0.1) is 6.92 Å². The average Bonchev–Trinajstić information content (AvgIpc) is 2.94. The number of hydrogen-bond acceptors (Lipinski definition) is 5. The quantitative estimate of drug-likeness (QED) is 0.479. The highest BCUT2D eigenvalue weighted by molar-refractivity contribution is 9.10. The fourth-order valence-electron chi connectivity index (χ4n) is 2.81. The lowest BCUT2D eigenvalue weighted by Crippen LogP contribution is -2.36. The van der Waals surface area contributed by atoms with E-state index in [4.69, 9.17) is 16.3 Å². The van der Waals surface area contributed by atoms with Gasteiger partial charge in [-0.15, -0.1) is 0 Å². The number of nitrogens with one attached hydrogen (secondary N) is 1. The summed E-state index contributed by atoms with van der Waals surface area (Å²) in [5.74, 6) is -0.299. The van der Waals surface area contributed by atoms with Crippen LogP contribution in [0.25, 0.3) is 6.08 Å². The van der Waals surface area contributed by atoms with Crippen molar-refractivity contribution < 1.29 is 19.1 Å². The molecule has 162 valence electrons. The van der Waals surface area contributed by atoms with E-state index >= 15 is 0 Å². The van der Waals surface area contributed by atoms with Crippen LogP contribution in [0.3, 0.4) is 0 Å². The number of amides is 3. The Bertz CT molecular complexity index is 1090. The summed E-state index contributed by atoms with van der Waals surface area (Å²) in [6.07, 6.45) is 1.65. The molecule has 31 heavy (non-hydrogen) atoms. The van der Waals surface area contributed by atoms with Gasteiger partial charge in [0, 0.05) is 10.7 Å². The fraction of sp³-hybridized carbons (Fsp3) is 0.227. The maximum atomic E-state index is 12.7. The van der Waals surface area contributed by atoms with E-state index in [9.17, 15) is 14.4 Å². The Hall–Kier alpha value is -2.29. The van der Waals surface area contributed by atoms with Crippen LogP contribution in [0.2, 0.25) is 5.02 Å². The molecule has 0 saturated carbocycles. The third-order valence-corrected chi connectivity index (χ3v) is 6.03. The number of hydrogen-bond donors (Lipinski definition) is 1. The second-order valence-electron chi connectivity index (χ2n) is 7.13. The molecule has 0 aromatic heterocycles. The standard InChI is InChI=1S/C22H20BrClN2O4S/c1-12(2)30-18-7-5-14(8-16(18)23)9-19-21(28)26(22(29)31-19)11-20(27)25-17-10-15(24)6-4-13(17)3/h4-10,12H,11H2,1-3H3,(H,25,27)/b19-9-. The lowest BCUT2D eigenvalue weighted by atomic mass is 10.2. The molecule has 1 saturated heterocycles. The number of carbonyl (C=O) groups is 3. The van der Waals surface area contributed by atoms with Crippen molar-refractivity contribution in [2.75, 3.05) is 11.9 Å². The zero-order chi connectivity index (χ0) is 22.7. The van der Waals surface area contributed by atoms with Gasteiger partial charge in [-0.2, -0.15) is 0 Å². The van der Waals surface area contributed by atoms with Crippen LogP contribution in [-0.2, 0) is 9.59 Å². The van der Waals surface area contributed by atoms with Gasteiger partial charge in [0.1, 0.15) is 12.3 Å². The highest BCUT2D eigenvalue weighted by Gasteiger charge is 2.36. The third kappa shape index (κ3) is 5.90. The van der Waals surface area contributed by atoms with E-state index in [1.54, 1.807) is 42.5 Å². The predicted molar refractivity (Wildman–Crippen MR) is 127 cm³/mol. The number of imide groups is 1. The van der Waals surface area contributed by atoms with Crippen molar-refractivity contribution in [2.24, 2.45) is 0 Å². The van der Waals surface area contributed by atoms with Crippen molar-refractivity contribution in [3.8, 4) is 5.75 Å². The highest BCUT2D eigenvalue weighted by Crippen LogP contribution is 2.34. The van der Waals surface area contributed by atoms with Crippen LogP contribution in [0.1, 0.15) is 25.0 Å². The van der Waals surface area contributed by atoms with E-state index in [1.165, 1.54) is 0 Å². The summed E-state index contributed by atoms with van der Waals surface area (Å²) in [5.41, 5.74) is 2.09. The van der Waals surface area contributed by atoms with E-state index in [1.807, 2.05) is 20.8 Å². The number of benzene rings is 2. The first-order chi connectivity index (χ1) is 14.6. The molecule has 2 aromatic rings. The Morgan fingerprint density at radius 2 is 2.00 bits per heavy atom. The van der Waals surface area contributed by atoms with Crippen LogP contribution in [0.5, 0.6) is 5.75 Å². The minimum atomic E-state index is -0.508. The molecule has 0 bridgehead atoms. The molecule has 2 aromatic carbocycles. The van der Waals surface area contributed by atoms with Crippen molar-refractivity contribution in [1.82, 2.24) is 4.90 Å². The van der Waals surface area contributed by atoms with Gasteiger partial charge in [0.05, 0.1) is 15.5 Å². The zero-order valence-electron chi connectivity index (χ0n) is 17.1. The number of rotatable bonds is 6. The molecule has 1 N–H and O–H groups in total. The first-order valence-electron chi connectivity index (χ1n) is 9.41. The number of nitrogens with zero attached hydrogens (tertiary/aromatic N) is 1. The molecule has 1 heterocycles. The number of aryl methyl sites for hydroxylation is 1. The normalized spacial score (nSPS) is 15.2. The Labute approximate surface area is 198 Å². The highest BCUT2D eigenvalue weighted by atomic mass is 79.9. The maximum absolute atomic E-state index is 12.7. The second kappa shape index (κ2) is 9.89. The van der Waals surface area contributed by atoms with Gasteiger partial charge < -0.3 is 10.1 Å². The summed E-state index contributed by atoms with van der Waals surface area (Å²) >= 11 is 10.2. The number of anilines is 1. The van der Waals surface area contributed by atoms with E-state index in [0.29, 0.717) is 16.5 Å². The molecule has 3 rings (SSSR count). The van der Waals surface area contributed by atoms with Crippen LogP contribution >= 0.6 is 39.3 Å². The summed E-state index contributed by atoms with van der Waals surface area (Å²) < 4.78 is 6.42. The maximum Gasteiger partial charge on any atom is 0.294 e. The number of halogens is 2. The Balaban J connectivity index is 1.71. The van der Waals surface area contributed by atoms with E-state index < -0.39 is 17.1 Å². The summed E-state index contributed by atoms with van der Waals surface area (Å²) in [6, 6.07) is 10.5. The van der Waals surface area contributed by atoms with Gasteiger partial charge in [-0.1, -0.05) is 23.7 Å². The van der Waals surface area contributed by atoms with Gasteiger partial charge in [-0.3, -0.25) is 19.3 Å². The largest absolute Gasteiger partial charge is 0.490 e. The van der Waals surface area contributed by atoms with E-state index in [0.717, 1.165) is 32.3 Å². The van der Waals surface area contributed by atoms with Gasteiger partial charge in [0.2, 0.25) is 5.91 Å². The molecule has 1 fully saturated rings. The molecule has 0 spiro atoms. The lowest BCUT2D eigenvalue weighted by molar-refractivity contribution is -0.127. The molecule has 1 aliphatic rings. The summed E-state index contributed by atoms with van der Waals surface area (Å²) in [5, 5.41) is 2.68. The molecule has 6 nitrogen and oxygen atoms in total. The Morgan fingerprint density at radius 1 is 1.26 bits per heavy atom. The average molecular weight is 524 g/mol. The Morgan fingerprint density at radius 3 is 2.68 bits per heavy atom. The van der Waals surface area contributed by atoms with Crippen molar-refractivity contribution in [1.29, 1.82) is 0 Å². The molecular formula is C22H20BrClN2O4S. The Kier molecular flexibility index (Phi) is 7.46. The van der Waals surface area contributed by atoms with Gasteiger partial charge in [-0.05, 0) is 89.9 Å². The summed E-state index contributed by atoms with van der Waals surface area (Å²) in [7, 11) is 0. The number of thioether (sulfide) groups is 1. The number of carbonyl (C=O) groups excluding carboxylic acids is 3. The summed E-state index contributed by atoms with van der Waals surface area (Å²) in [4.78, 5) is 38.6. The first kappa shape index (κ1) is 23.4. The fourth-order valence-corrected chi connectivity index (χ4v) is 4.31. The molecule has 0 radical (unpaired) electrons. The van der Waals surface area contributed by atoms with Crippen molar-refractivity contribution in [3.05, 3.63) is 61.9 Å². The van der Waals surface area contributed by atoms with Crippen LogP contribution < -0.4 is 10.1 Å². The lowest BCUT2D eigenvalue weighted by Gasteiger charge is -2.14. The smallest absolute Gasteiger partial charge is 0.294 e.